The average molecular weight is 383 g/mol. The highest BCUT2D eigenvalue weighted by Crippen LogP contribution is 2.35. The molecule has 1 N–H and O–H groups in total. The van der Waals surface area contributed by atoms with Crippen molar-refractivity contribution in [3.05, 3.63) is 60.0 Å². The Morgan fingerprint density at radius 2 is 2.04 bits per heavy atom. The SMILES string of the molecule is Cc1cccc(NC(=O)CSc2nnc([C@H]3COc4ccccc4O3)o2)c1. The van der Waals surface area contributed by atoms with Crippen molar-refractivity contribution in [1.82, 2.24) is 10.2 Å². The Balaban J connectivity index is 1.33. The zero-order valence-corrected chi connectivity index (χ0v) is 15.4. The number of fused-ring (bicyclic) bond motifs is 1. The van der Waals surface area contributed by atoms with Gasteiger partial charge in [-0.3, -0.25) is 4.79 Å². The van der Waals surface area contributed by atoms with Crippen molar-refractivity contribution in [2.45, 2.75) is 18.3 Å². The minimum absolute atomic E-state index is 0.142. The van der Waals surface area contributed by atoms with E-state index >= 15 is 0 Å². The number of aryl methyl sites for hydroxylation is 1. The van der Waals surface area contributed by atoms with Gasteiger partial charge in [-0.1, -0.05) is 36.0 Å². The molecule has 0 fully saturated rings. The lowest BCUT2D eigenvalue weighted by Gasteiger charge is -2.23. The first-order valence-corrected chi connectivity index (χ1v) is 9.37. The van der Waals surface area contributed by atoms with E-state index in [9.17, 15) is 4.79 Å². The number of carbonyl (C=O) groups excluding carboxylic acids is 1. The zero-order chi connectivity index (χ0) is 18.6. The second-order valence-electron chi connectivity index (χ2n) is 5.98. The molecule has 2 aromatic carbocycles. The quantitative estimate of drug-likeness (QED) is 0.673. The van der Waals surface area contributed by atoms with E-state index in [1.807, 2.05) is 55.5 Å². The Hall–Kier alpha value is -3.00. The molecule has 8 heteroatoms. The van der Waals surface area contributed by atoms with Gasteiger partial charge in [0, 0.05) is 5.69 Å². The number of hydrogen-bond acceptors (Lipinski definition) is 7. The summed E-state index contributed by atoms with van der Waals surface area (Å²) in [7, 11) is 0. The monoisotopic (exact) mass is 383 g/mol. The largest absolute Gasteiger partial charge is 0.485 e. The fourth-order valence-corrected chi connectivity index (χ4v) is 3.17. The maximum absolute atomic E-state index is 12.1. The summed E-state index contributed by atoms with van der Waals surface area (Å²) in [5.41, 5.74) is 1.84. The Morgan fingerprint density at radius 1 is 1.19 bits per heavy atom. The van der Waals surface area contributed by atoms with Crippen LogP contribution in [-0.2, 0) is 4.79 Å². The summed E-state index contributed by atoms with van der Waals surface area (Å²) in [5.74, 6) is 1.68. The van der Waals surface area contributed by atoms with Gasteiger partial charge in [-0.25, -0.2) is 0 Å². The summed E-state index contributed by atoms with van der Waals surface area (Å²) in [6.45, 7) is 2.26. The fraction of sp³-hybridized carbons (Fsp3) is 0.211. The van der Waals surface area contributed by atoms with Gasteiger partial charge >= 0.3 is 0 Å². The summed E-state index contributed by atoms with van der Waals surface area (Å²) >= 11 is 1.17. The summed E-state index contributed by atoms with van der Waals surface area (Å²) in [6, 6.07) is 15.0. The lowest BCUT2D eigenvalue weighted by atomic mass is 10.2. The number of ether oxygens (including phenoxy) is 2. The van der Waals surface area contributed by atoms with Gasteiger partial charge < -0.3 is 19.2 Å². The minimum atomic E-state index is -0.470. The maximum Gasteiger partial charge on any atom is 0.277 e. The summed E-state index contributed by atoms with van der Waals surface area (Å²) in [4.78, 5) is 12.1. The van der Waals surface area contributed by atoms with Crippen molar-refractivity contribution in [2.24, 2.45) is 0 Å². The molecule has 1 amide bonds. The van der Waals surface area contributed by atoms with Gasteiger partial charge in [-0.15, -0.1) is 10.2 Å². The molecule has 27 heavy (non-hydrogen) atoms. The smallest absolute Gasteiger partial charge is 0.277 e. The minimum Gasteiger partial charge on any atom is -0.485 e. The van der Waals surface area contributed by atoms with Crippen LogP contribution in [0.15, 0.2) is 58.2 Å². The maximum atomic E-state index is 12.1. The van der Waals surface area contributed by atoms with Crippen LogP contribution in [0.4, 0.5) is 5.69 Å². The lowest BCUT2D eigenvalue weighted by Crippen LogP contribution is -2.21. The Kier molecular flexibility index (Phi) is 4.97. The zero-order valence-electron chi connectivity index (χ0n) is 14.5. The topological polar surface area (TPSA) is 86.5 Å². The lowest BCUT2D eigenvalue weighted by molar-refractivity contribution is -0.113. The molecule has 0 aliphatic carbocycles. The van der Waals surface area contributed by atoms with Crippen molar-refractivity contribution in [3.63, 3.8) is 0 Å². The van der Waals surface area contributed by atoms with E-state index in [4.69, 9.17) is 13.9 Å². The number of para-hydroxylation sites is 2. The molecular formula is C19H17N3O4S. The highest BCUT2D eigenvalue weighted by Gasteiger charge is 2.27. The molecule has 1 aromatic heterocycles. The van der Waals surface area contributed by atoms with Crippen LogP contribution in [0.3, 0.4) is 0 Å². The van der Waals surface area contributed by atoms with Crippen LogP contribution in [0.1, 0.15) is 17.6 Å². The van der Waals surface area contributed by atoms with Gasteiger partial charge in [0.25, 0.3) is 11.1 Å². The number of amides is 1. The number of nitrogens with zero attached hydrogens (tertiary/aromatic N) is 2. The molecule has 1 aliphatic rings. The molecule has 2 heterocycles. The van der Waals surface area contributed by atoms with Gasteiger partial charge in [0.2, 0.25) is 12.0 Å². The molecule has 1 atom stereocenters. The van der Waals surface area contributed by atoms with E-state index in [0.29, 0.717) is 22.6 Å². The van der Waals surface area contributed by atoms with E-state index in [1.54, 1.807) is 0 Å². The third-order valence-electron chi connectivity index (χ3n) is 3.83. The van der Waals surface area contributed by atoms with Crippen molar-refractivity contribution < 1.29 is 18.7 Å². The Labute approximate surface area is 160 Å². The van der Waals surface area contributed by atoms with Crippen molar-refractivity contribution in [1.29, 1.82) is 0 Å². The number of hydrogen-bond donors (Lipinski definition) is 1. The van der Waals surface area contributed by atoms with E-state index < -0.39 is 6.10 Å². The number of anilines is 1. The number of nitrogens with one attached hydrogen (secondary N) is 1. The Morgan fingerprint density at radius 3 is 2.89 bits per heavy atom. The molecule has 0 radical (unpaired) electrons. The number of rotatable bonds is 5. The molecule has 0 saturated carbocycles. The van der Waals surface area contributed by atoms with Crippen LogP contribution in [-0.4, -0.2) is 28.5 Å². The van der Waals surface area contributed by atoms with Crippen LogP contribution in [0.2, 0.25) is 0 Å². The van der Waals surface area contributed by atoms with E-state index in [0.717, 1.165) is 11.3 Å². The second kappa shape index (κ2) is 7.71. The fourth-order valence-electron chi connectivity index (χ4n) is 2.60. The predicted octanol–water partition coefficient (Wildman–Crippen LogP) is 3.62. The van der Waals surface area contributed by atoms with Crippen LogP contribution in [0.5, 0.6) is 11.5 Å². The third kappa shape index (κ3) is 4.22. The first-order valence-electron chi connectivity index (χ1n) is 8.38. The Bertz CT molecular complexity index is 959. The van der Waals surface area contributed by atoms with Gasteiger partial charge in [0.15, 0.2) is 11.5 Å². The first kappa shape index (κ1) is 17.4. The van der Waals surface area contributed by atoms with E-state index in [2.05, 4.69) is 15.5 Å². The van der Waals surface area contributed by atoms with E-state index in [1.165, 1.54) is 11.8 Å². The van der Waals surface area contributed by atoms with Crippen LogP contribution >= 0.6 is 11.8 Å². The summed E-state index contributed by atoms with van der Waals surface area (Å²) in [5, 5.41) is 11.1. The number of aromatic nitrogens is 2. The van der Waals surface area contributed by atoms with E-state index in [-0.39, 0.29) is 18.3 Å². The van der Waals surface area contributed by atoms with Crippen LogP contribution in [0.25, 0.3) is 0 Å². The summed E-state index contributed by atoms with van der Waals surface area (Å²) in [6.07, 6.45) is -0.470. The molecule has 0 spiro atoms. The molecular weight excluding hydrogens is 366 g/mol. The van der Waals surface area contributed by atoms with Crippen molar-refractivity contribution in [2.75, 3.05) is 17.7 Å². The number of carbonyl (C=O) groups is 1. The molecule has 0 bridgehead atoms. The first-order chi connectivity index (χ1) is 13.2. The molecule has 7 nitrogen and oxygen atoms in total. The average Bonchev–Trinajstić information content (AvgIpc) is 3.15. The van der Waals surface area contributed by atoms with Gasteiger partial charge in [-0.2, -0.15) is 0 Å². The summed E-state index contributed by atoms with van der Waals surface area (Å²) < 4.78 is 17.1. The molecule has 1 aliphatic heterocycles. The highest BCUT2D eigenvalue weighted by molar-refractivity contribution is 7.99. The number of thioether (sulfide) groups is 1. The molecule has 3 aromatic rings. The van der Waals surface area contributed by atoms with Crippen LogP contribution < -0.4 is 14.8 Å². The number of benzene rings is 2. The molecule has 4 rings (SSSR count). The predicted molar refractivity (Wildman–Crippen MR) is 100 cm³/mol. The highest BCUT2D eigenvalue weighted by atomic mass is 32.2. The normalized spacial score (nSPS) is 15.4. The van der Waals surface area contributed by atoms with Gasteiger partial charge in [-0.05, 0) is 36.8 Å². The molecule has 138 valence electrons. The second-order valence-corrected chi connectivity index (χ2v) is 6.90. The van der Waals surface area contributed by atoms with Gasteiger partial charge in [0.05, 0.1) is 5.75 Å². The standard InChI is InChI=1S/C19H17N3O4S/c1-12-5-4-6-13(9-12)20-17(23)11-27-19-22-21-18(26-19)16-10-24-14-7-2-3-8-15(14)25-16/h2-9,16H,10-11H2,1H3,(H,20,23)/t16-/m1/s1. The molecule has 0 saturated heterocycles. The van der Waals surface area contributed by atoms with Gasteiger partial charge in [0.1, 0.15) is 6.61 Å². The molecule has 0 unspecified atom stereocenters. The third-order valence-corrected chi connectivity index (χ3v) is 4.65. The van der Waals surface area contributed by atoms with Crippen LogP contribution in [0, 0.1) is 6.92 Å². The van der Waals surface area contributed by atoms with Crippen molar-refractivity contribution in [3.8, 4) is 11.5 Å². The van der Waals surface area contributed by atoms with Crippen molar-refractivity contribution >= 4 is 23.4 Å².